The van der Waals surface area contributed by atoms with Crippen LogP contribution < -0.4 is 9.47 Å². The van der Waals surface area contributed by atoms with E-state index < -0.39 is 0 Å². The van der Waals surface area contributed by atoms with Crippen LogP contribution in [0.3, 0.4) is 0 Å². The van der Waals surface area contributed by atoms with Crippen LogP contribution in [0.2, 0.25) is 0 Å². The molecular weight excluding hydrogens is 356 g/mol. The van der Waals surface area contributed by atoms with Gasteiger partial charge in [-0.3, -0.25) is 4.57 Å². The zero-order valence-electron chi connectivity index (χ0n) is 15.6. The van der Waals surface area contributed by atoms with Gasteiger partial charge in [-0.05, 0) is 62.1 Å². The summed E-state index contributed by atoms with van der Waals surface area (Å²) in [5, 5.41) is 0. The fourth-order valence-electron chi connectivity index (χ4n) is 3.67. The molecule has 0 saturated carbocycles. The summed E-state index contributed by atoms with van der Waals surface area (Å²) in [6.45, 7) is 0. The Morgan fingerprint density at radius 1 is 0.926 bits per heavy atom. The highest BCUT2D eigenvalue weighted by atomic mass is 32.1. The van der Waals surface area contributed by atoms with E-state index in [0.717, 1.165) is 41.4 Å². The van der Waals surface area contributed by atoms with Crippen molar-refractivity contribution in [2.24, 2.45) is 0 Å². The van der Waals surface area contributed by atoms with Crippen molar-refractivity contribution in [1.82, 2.24) is 9.55 Å². The second kappa shape index (κ2) is 7.53. The molecule has 27 heavy (non-hydrogen) atoms. The summed E-state index contributed by atoms with van der Waals surface area (Å²) in [6, 6.07) is 16.1. The molecule has 0 saturated heterocycles. The summed E-state index contributed by atoms with van der Waals surface area (Å²) < 4.78 is 13.7. The van der Waals surface area contributed by atoms with Crippen molar-refractivity contribution in [3.63, 3.8) is 0 Å². The van der Waals surface area contributed by atoms with E-state index in [4.69, 9.17) is 26.7 Å². The first kappa shape index (κ1) is 17.7. The molecule has 0 N–H and O–H groups in total. The van der Waals surface area contributed by atoms with Gasteiger partial charge >= 0.3 is 0 Å². The molecule has 0 amide bonds. The number of hydrogen-bond acceptors (Lipinski definition) is 4. The standard InChI is InChI=1S/C22H22N2O2S/c1-25-17-12-10-16(11-13-17)24-20-9-4-3-8-19(20)22(27)23-21(24)15-6-5-7-18(14-15)26-2/h5-7,10-14H,3-4,8-9H2,1-2H3. The van der Waals surface area contributed by atoms with Gasteiger partial charge in [0.05, 0.1) is 14.2 Å². The molecule has 4 rings (SSSR count). The van der Waals surface area contributed by atoms with Crippen LogP contribution >= 0.6 is 12.2 Å². The molecule has 5 heteroatoms. The first-order valence-corrected chi connectivity index (χ1v) is 9.55. The van der Waals surface area contributed by atoms with Crippen LogP contribution in [0.25, 0.3) is 17.1 Å². The van der Waals surface area contributed by atoms with Crippen molar-refractivity contribution in [3.8, 4) is 28.6 Å². The number of methoxy groups -OCH3 is 2. The lowest BCUT2D eigenvalue weighted by Crippen LogP contribution is -2.17. The minimum absolute atomic E-state index is 0.715. The van der Waals surface area contributed by atoms with Gasteiger partial charge in [0.15, 0.2) is 0 Å². The van der Waals surface area contributed by atoms with Crippen molar-refractivity contribution in [2.45, 2.75) is 25.7 Å². The number of ether oxygens (including phenoxy) is 2. The molecule has 0 spiro atoms. The van der Waals surface area contributed by atoms with E-state index in [0.29, 0.717) is 4.64 Å². The molecule has 1 aliphatic rings. The normalized spacial score (nSPS) is 13.1. The van der Waals surface area contributed by atoms with Crippen molar-refractivity contribution in [3.05, 3.63) is 64.4 Å². The van der Waals surface area contributed by atoms with Gasteiger partial charge in [-0.2, -0.15) is 0 Å². The summed E-state index contributed by atoms with van der Waals surface area (Å²) in [5.74, 6) is 2.49. The van der Waals surface area contributed by atoms with Crippen molar-refractivity contribution in [1.29, 1.82) is 0 Å². The molecule has 0 radical (unpaired) electrons. The zero-order valence-corrected chi connectivity index (χ0v) is 16.4. The molecule has 3 aromatic rings. The van der Waals surface area contributed by atoms with E-state index in [1.807, 2.05) is 30.3 Å². The largest absolute Gasteiger partial charge is 0.497 e. The molecule has 1 heterocycles. The Morgan fingerprint density at radius 2 is 1.67 bits per heavy atom. The van der Waals surface area contributed by atoms with E-state index in [-0.39, 0.29) is 0 Å². The number of hydrogen-bond donors (Lipinski definition) is 0. The Kier molecular flexibility index (Phi) is 4.94. The van der Waals surface area contributed by atoms with Crippen LogP contribution in [-0.2, 0) is 12.8 Å². The van der Waals surface area contributed by atoms with E-state index in [9.17, 15) is 0 Å². The molecule has 0 atom stereocenters. The van der Waals surface area contributed by atoms with E-state index in [1.54, 1.807) is 14.2 Å². The summed E-state index contributed by atoms with van der Waals surface area (Å²) in [5.41, 5.74) is 4.53. The van der Waals surface area contributed by atoms with Crippen LogP contribution in [0.15, 0.2) is 48.5 Å². The highest BCUT2D eigenvalue weighted by Gasteiger charge is 2.20. The molecule has 2 aromatic carbocycles. The highest BCUT2D eigenvalue weighted by molar-refractivity contribution is 7.71. The maximum Gasteiger partial charge on any atom is 0.146 e. The average Bonchev–Trinajstić information content (AvgIpc) is 2.74. The molecule has 0 fully saturated rings. The van der Waals surface area contributed by atoms with Crippen molar-refractivity contribution in [2.75, 3.05) is 14.2 Å². The molecule has 0 unspecified atom stereocenters. The van der Waals surface area contributed by atoms with E-state index in [1.165, 1.54) is 24.1 Å². The first-order valence-electron chi connectivity index (χ1n) is 9.15. The van der Waals surface area contributed by atoms with Gasteiger partial charge in [0, 0.05) is 22.5 Å². The van der Waals surface area contributed by atoms with Gasteiger partial charge in [-0.15, -0.1) is 0 Å². The van der Waals surface area contributed by atoms with Gasteiger partial charge in [-0.25, -0.2) is 4.98 Å². The second-order valence-corrected chi connectivity index (χ2v) is 7.03. The fraction of sp³-hybridized carbons (Fsp3) is 0.273. The topological polar surface area (TPSA) is 36.3 Å². The van der Waals surface area contributed by atoms with Crippen LogP contribution in [0, 0.1) is 4.64 Å². The molecule has 4 nitrogen and oxygen atoms in total. The van der Waals surface area contributed by atoms with Crippen molar-refractivity contribution < 1.29 is 9.47 Å². The average molecular weight is 378 g/mol. The third-order valence-corrected chi connectivity index (χ3v) is 5.38. The van der Waals surface area contributed by atoms with Gasteiger partial charge in [0.2, 0.25) is 0 Å². The third-order valence-electron chi connectivity index (χ3n) is 5.04. The van der Waals surface area contributed by atoms with Crippen LogP contribution in [-0.4, -0.2) is 23.8 Å². The summed E-state index contributed by atoms with van der Waals surface area (Å²) in [6.07, 6.45) is 4.33. The molecular formula is C22H22N2O2S. The fourth-order valence-corrected chi connectivity index (χ4v) is 3.98. The van der Waals surface area contributed by atoms with Crippen molar-refractivity contribution >= 4 is 12.2 Å². The summed E-state index contributed by atoms with van der Waals surface area (Å²) in [4.78, 5) is 4.84. The lowest BCUT2D eigenvalue weighted by Gasteiger charge is -2.25. The maximum absolute atomic E-state index is 5.66. The van der Waals surface area contributed by atoms with Gasteiger partial charge in [0.25, 0.3) is 0 Å². The predicted octanol–water partition coefficient (Wildman–Crippen LogP) is 5.16. The number of rotatable bonds is 4. The molecule has 1 aliphatic carbocycles. The number of fused-ring (bicyclic) bond motifs is 1. The zero-order chi connectivity index (χ0) is 18.8. The molecule has 0 aliphatic heterocycles. The second-order valence-electron chi connectivity index (χ2n) is 6.64. The SMILES string of the molecule is COc1ccc(-n2c(-c3cccc(OC)c3)nc(=S)c3c2CCCC3)cc1. The Labute approximate surface area is 164 Å². The van der Waals surface area contributed by atoms with E-state index >= 15 is 0 Å². The summed E-state index contributed by atoms with van der Waals surface area (Å²) in [7, 11) is 3.36. The summed E-state index contributed by atoms with van der Waals surface area (Å²) >= 11 is 5.66. The highest BCUT2D eigenvalue weighted by Crippen LogP contribution is 2.32. The predicted molar refractivity (Wildman–Crippen MR) is 110 cm³/mol. The Balaban J connectivity index is 1.99. The molecule has 0 bridgehead atoms. The van der Waals surface area contributed by atoms with Gasteiger partial charge in [0.1, 0.15) is 22.0 Å². The number of aromatic nitrogens is 2. The monoisotopic (exact) mass is 378 g/mol. The Hall–Kier alpha value is -2.66. The van der Waals surface area contributed by atoms with Crippen LogP contribution in [0.1, 0.15) is 24.1 Å². The third kappa shape index (κ3) is 3.35. The minimum atomic E-state index is 0.715. The molecule has 1 aromatic heterocycles. The smallest absolute Gasteiger partial charge is 0.146 e. The maximum atomic E-state index is 5.66. The Bertz CT molecular complexity index is 1030. The molecule has 138 valence electrons. The quantitative estimate of drug-likeness (QED) is 0.587. The lowest BCUT2D eigenvalue weighted by atomic mass is 9.96. The first-order chi connectivity index (χ1) is 13.2. The van der Waals surface area contributed by atoms with E-state index in [2.05, 4.69) is 22.8 Å². The lowest BCUT2D eigenvalue weighted by molar-refractivity contribution is 0.414. The number of nitrogens with zero attached hydrogens (tertiary/aromatic N) is 2. The number of benzene rings is 2. The minimum Gasteiger partial charge on any atom is -0.497 e. The van der Waals surface area contributed by atoms with Gasteiger partial charge in [-0.1, -0.05) is 24.4 Å². The van der Waals surface area contributed by atoms with Gasteiger partial charge < -0.3 is 9.47 Å². The Morgan fingerprint density at radius 3 is 2.41 bits per heavy atom. The van der Waals surface area contributed by atoms with Crippen LogP contribution in [0.4, 0.5) is 0 Å². The van der Waals surface area contributed by atoms with Crippen LogP contribution in [0.5, 0.6) is 11.5 Å².